The Morgan fingerprint density at radius 1 is 1.10 bits per heavy atom. The van der Waals surface area contributed by atoms with E-state index in [9.17, 15) is 0 Å². The second-order valence-electron chi connectivity index (χ2n) is 8.77. The van der Waals surface area contributed by atoms with Crippen molar-refractivity contribution in [3.63, 3.8) is 0 Å². The van der Waals surface area contributed by atoms with Crippen molar-refractivity contribution >= 4 is 16.2 Å². The number of hydrogen-bond acceptors (Lipinski definition) is 2. The smallest absolute Gasteiger partial charge is 0.146 e. The van der Waals surface area contributed by atoms with E-state index in [1.54, 1.807) is 0 Å². The Balaban J connectivity index is 1.64. The van der Waals surface area contributed by atoms with E-state index in [0.717, 1.165) is 41.2 Å². The molecule has 0 aromatic carbocycles. The van der Waals surface area contributed by atoms with E-state index in [1.807, 2.05) is 0 Å². The molecule has 1 unspecified atom stereocenters. The molecule has 1 aliphatic heterocycles. The highest BCUT2D eigenvalue weighted by Gasteiger charge is 2.56. The molecule has 3 fully saturated rings. The van der Waals surface area contributed by atoms with Gasteiger partial charge in [-0.05, 0) is 61.7 Å². The summed E-state index contributed by atoms with van der Waals surface area (Å²) in [4.78, 5) is 5.15. The third kappa shape index (κ3) is 2.03. The van der Waals surface area contributed by atoms with E-state index in [4.69, 9.17) is 9.42 Å². The quantitative estimate of drug-likeness (QED) is 0.682. The van der Waals surface area contributed by atoms with Crippen LogP contribution in [0.15, 0.2) is 4.99 Å². The molecule has 1 heterocycles. The van der Waals surface area contributed by atoms with Gasteiger partial charge in [0.25, 0.3) is 0 Å². The van der Waals surface area contributed by atoms with Crippen LogP contribution in [0.25, 0.3) is 0 Å². The molecule has 3 saturated carbocycles. The average molecular weight is 306 g/mol. The van der Waals surface area contributed by atoms with Gasteiger partial charge in [0.05, 0.1) is 0 Å². The van der Waals surface area contributed by atoms with Crippen molar-refractivity contribution < 1.29 is 4.43 Å². The van der Waals surface area contributed by atoms with Crippen LogP contribution in [0, 0.1) is 28.6 Å². The molecule has 0 bridgehead atoms. The lowest BCUT2D eigenvalue weighted by atomic mass is 9.50. The summed E-state index contributed by atoms with van der Waals surface area (Å²) < 4.78 is 5.76. The van der Waals surface area contributed by atoms with Gasteiger partial charge < -0.3 is 4.43 Å². The van der Waals surface area contributed by atoms with Crippen LogP contribution in [-0.2, 0) is 4.43 Å². The van der Waals surface area contributed by atoms with E-state index >= 15 is 0 Å². The average Bonchev–Trinajstić information content (AvgIpc) is 2.88. The zero-order valence-corrected chi connectivity index (χ0v) is 16.0. The zero-order valence-electron chi connectivity index (χ0n) is 14.0. The third-order valence-electron chi connectivity index (χ3n) is 7.93. The van der Waals surface area contributed by atoms with Gasteiger partial charge in [0.1, 0.15) is 10.5 Å². The van der Waals surface area contributed by atoms with Crippen molar-refractivity contribution in [3.8, 4) is 0 Å². The fraction of sp³-hybridized carbons (Fsp3) is 0.944. The van der Waals surface area contributed by atoms with Gasteiger partial charge in [-0.15, -0.1) is 0 Å². The van der Waals surface area contributed by atoms with Crippen molar-refractivity contribution in [1.82, 2.24) is 0 Å². The van der Waals surface area contributed by atoms with Crippen LogP contribution in [0.4, 0.5) is 0 Å². The van der Waals surface area contributed by atoms with Crippen LogP contribution < -0.4 is 0 Å². The third-order valence-corrected chi connectivity index (χ3v) is 8.60. The van der Waals surface area contributed by atoms with Gasteiger partial charge in [-0.25, -0.2) is 0 Å². The zero-order chi connectivity index (χ0) is 14.7. The van der Waals surface area contributed by atoms with Crippen molar-refractivity contribution in [2.45, 2.75) is 71.3 Å². The highest BCUT2D eigenvalue weighted by molar-refractivity contribution is 5.99. The Labute approximate surface area is 132 Å². The SMILES string of the molecule is C[C@@]12CCC[C@H]1[C@@H]1CN=C3CC(O[SiH3])CC[C@]3(C)[C@H]1CC2. The first kappa shape index (κ1) is 14.4. The molecule has 6 atom stereocenters. The lowest BCUT2D eigenvalue weighted by Crippen LogP contribution is -2.54. The fourth-order valence-electron chi connectivity index (χ4n) is 6.54. The number of hydrogen-bond donors (Lipinski definition) is 0. The first-order chi connectivity index (χ1) is 10.1. The molecule has 0 aromatic rings. The van der Waals surface area contributed by atoms with Gasteiger partial charge in [0, 0.05) is 30.2 Å². The Morgan fingerprint density at radius 2 is 1.95 bits per heavy atom. The summed E-state index contributed by atoms with van der Waals surface area (Å²) in [5.41, 5.74) is 2.58. The largest absolute Gasteiger partial charge is 0.425 e. The fourth-order valence-corrected chi connectivity index (χ4v) is 6.95. The molecule has 0 aromatic heterocycles. The van der Waals surface area contributed by atoms with Crippen molar-refractivity contribution in [1.29, 1.82) is 0 Å². The first-order valence-corrected chi connectivity index (χ1v) is 9.95. The minimum Gasteiger partial charge on any atom is -0.425 e. The maximum Gasteiger partial charge on any atom is 0.146 e. The molecule has 0 amide bonds. The van der Waals surface area contributed by atoms with E-state index < -0.39 is 0 Å². The van der Waals surface area contributed by atoms with Crippen molar-refractivity contribution in [2.24, 2.45) is 33.6 Å². The molecule has 0 saturated heterocycles. The number of rotatable bonds is 1. The predicted molar refractivity (Wildman–Crippen MR) is 90.7 cm³/mol. The van der Waals surface area contributed by atoms with Gasteiger partial charge in [0.15, 0.2) is 0 Å². The van der Waals surface area contributed by atoms with E-state index in [0.29, 0.717) is 16.9 Å². The van der Waals surface area contributed by atoms with Gasteiger partial charge in [-0.1, -0.05) is 20.3 Å². The summed E-state index contributed by atoms with van der Waals surface area (Å²) in [6.45, 7) is 6.25. The second-order valence-corrected chi connectivity index (χ2v) is 9.24. The molecule has 0 spiro atoms. The highest BCUT2D eigenvalue weighted by Crippen LogP contribution is 2.62. The molecule has 4 aliphatic rings. The number of nitrogens with zero attached hydrogens (tertiary/aromatic N) is 1. The first-order valence-electron chi connectivity index (χ1n) is 9.13. The molecule has 3 heteroatoms. The molecular weight excluding hydrogens is 274 g/mol. The maximum atomic E-state index is 5.76. The topological polar surface area (TPSA) is 21.6 Å². The summed E-state index contributed by atoms with van der Waals surface area (Å²) in [5, 5.41) is 0. The summed E-state index contributed by atoms with van der Waals surface area (Å²) in [6.07, 6.45) is 11.6. The number of fused-ring (bicyclic) bond motifs is 5. The minimum absolute atomic E-state index is 0.406. The van der Waals surface area contributed by atoms with E-state index in [-0.39, 0.29) is 0 Å². The second kappa shape index (κ2) is 4.92. The van der Waals surface area contributed by atoms with Crippen LogP contribution in [-0.4, -0.2) is 28.8 Å². The van der Waals surface area contributed by atoms with Gasteiger partial charge in [-0.2, -0.15) is 0 Å². The Bertz CT molecular complexity index is 464. The molecule has 0 N–H and O–H groups in total. The van der Waals surface area contributed by atoms with Crippen LogP contribution >= 0.6 is 0 Å². The van der Waals surface area contributed by atoms with Gasteiger partial charge in [-0.3, -0.25) is 4.99 Å². The molecule has 0 radical (unpaired) electrons. The molecule has 21 heavy (non-hydrogen) atoms. The van der Waals surface area contributed by atoms with Crippen LogP contribution in [0.1, 0.15) is 65.2 Å². The van der Waals surface area contributed by atoms with Crippen molar-refractivity contribution in [2.75, 3.05) is 6.54 Å². The summed E-state index contributed by atoms with van der Waals surface area (Å²) >= 11 is 0. The van der Waals surface area contributed by atoms with Crippen molar-refractivity contribution in [3.05, 3.63) is 0 Å². The summed E-state index contributed by atoms with van der Waals surface area (Å²) in [6, 6.07) is 0. The standard InChI is InChI=1S/C18H31NOSi/c1-17-7-3-4-14(17)13-11-19-16-10-12(20-21)5-9-18(16,2)15(13)6-8-17/h12-15H,3-11H2,1-2,21H3/t12?,13-,14-,15-,17-,18+/m0/s1. The molecule has 118 valence electrons. The molecule has 2 nitrogen and oxygen atoms in total. The predicted octanol–water partition coefficient (Wildman–Crippen LogP) is 3.13. The van der Waals surface area contributed by atoms with Gasteiger partial charge in [0.2, 0.25) is 0 Å². The van der Waals surface area contributed by atoms with E-state index in [2.05, 4.69) is 13.8 Å². The number of aliphatic imine (C=N–C) groups is 1. The minimum atomic E-state index is 0.406. The molecule has 3 aliphatic carbocycles. The van der Waals surface area contributed by atoms with Crippen LogP contribution in [0.3, 0.4) is 0 Å². The Kier molecular flexibility index (Phi) is 3.38. The monoisotopic (exact) mass is 305 g/mol. The maximum absolute atomic E-state index is 5.76. The molecular formula is C18H31NOSi. The highest BCUT2D eigenvalue weighted by atomic mass is 28.2. The Hall–Kier alpha value is -0.153. The summed E-state index contributed by atoms with van der Waals surface area (Å²) in [7, 11) is 0.874. The summed E-state index contributed by atoms with van der Waals surface area (Å²) in [5.74, 6) is 2.76. The normalized spacial score (nSPS) is 52.8. The van der Waals surface area contributed by atoms with Crippen LogP contribution in [0.5, 0.6) is 0 Å². The van der Waals surface area contributed by atoms with E-state index in [1.165, 1.54) is 50.7 Å². The van der Waals surface area contributed by atoms with Gasteiger partial charge >= 0.3 is 0 Å². The van der Waals surface area contributed by atoms with Crippen LogP contribution in [0.2, 0.25) is 0 Å². The Morgan fingerprint density at radius 3 is 2.76 bits per heavy atom. The molecule has 4 rings (SSSR count). The lowest BCUT2D eigenvalue weighted by Gasteiger charge is -2.56. The lowest BCUT2D eigenvalue weighted by molar-refractivity contribution is -0.0134.